The largest absolute Gasteiger partial charge is 0.255 e. The van der Waals surface area contributed by atoms with Crippen LogP contribution in [0.4, 0.5) is 0 Å². The first-order valence-electron chi connectivity index (χ1n) is 17.8. The maximum atomic E-state index is 4.99. The molecule has 0 saturated carbocycles. The van der Waals surface area contributed by atoms with Gasteiger partial charge in [-0.1, -0.05) is 140 Å². The Kier molecular flexibility index (Phi) is 8.81. The fourth-order valence-electron chi connectivity index (χ4n) is 6.47. The molecule has 9 rings (SSSR count). The highest BCUT2D eigenvalue weighted by atomic mass is 15.0. The van der Waals surface area contributed by atoms with Gasteiger partial charge in [0.25, 0.3) is 0 Å². The van der Waals surface area contributed by atoms with E-state index >= 15 is 0 Å². The topological polar surface area (TPSA) is 77.3 Å². The fourth-order valence-corrected chi connectivity index (χ4v) is 6.47. The number of pyridine rings is 3. The first-order valence-corrected chi connectivity index (χ1v) is 17.8. The Balaban J connectivity index is 1.04. The minimum absolute atomic E-state index is 0.622. The van der Waals surface area contributed by atoms with Gasteiger partial charge in [-0.3, -0.25) is 9.97 Å². The van der Waals surface area contributed by atoms with E-state index in [0.29, 0.717) is 17.5 Å². The van der Waals surface area contributed by atoms with Crippen LogP contribution in [-0.4, -0.2) is 29.9 Å². The number of hydrogen-bond donors (Lipinski definition) is 0. The SMILES string of the molecule is c1ccc(-c2cc(-c3ccccn3)nc(-c3ccc(-c4cccc(-c5cccc(-c6nc(-c7ccccc7)nc(-c7ccccc7)n6)c5)c4)cn3)c2)cc1. The van der Waals surface area contributed by atoms with Crippen molar-refractivity contribution in [2.24, 2.45) is 0 Å². The minimum Gasteiger partial charge on any atom is -0.255 e. The molecule has 0 aliphatic heterocycles. The van der Waals surface area contributed by atoms with E-state index in [1.54, 1.807) is 6.20 Å². The van der Waals surface area contributed by atoms with Crippen LogP contribution in [0.3, 0.4) is 0 Å². The summed E-state index contributed by atoms with van der Waals surface area (Å²) in [6.07, 6.45) is 3.71. The molecule has 0 radical (unpaired) electrons. The number of aromatic nitrogens is 6. The maximum absolute atomic E-state index is 4.99. The molecule has 4 heterocycles. The van der Waals surface area contributed by atoms with E-state index in [0.717, 1.165) is 72.8 Å². The van der Waals surface area contributed by atoms with Crippen molar-refractivity contribution in [2.75, 3.05) is 0 Å². The van der Waals surface area contributed by atoms with Crippen LogP contribution in [0.15, 0.2) is 194 Å². The Labute approximate surface area is 313 Å². The quantitative estimate of drug-likeness (QED) is 0.158. The molecule has 6 heteroatoms. The molecule has 0 N–H and O–H groups in total. The van der Waals surface area contributed by atoms with Gasteiger partial charge in [0.05, 0.1) is 22.8 Å². The average molecular weight is 693 g/mol. The summed E-state index contributed by atoms with van der Waals surface area (Å²) < 4.78 is 0. The van der Waals surface area contributed by atoms with Crippen LogP contribution >= 0.6 is 0 Å². The first kappa shape index (κ1) is 32.5. The molecule has 254 valence electrons. The summed E-state index contributed by atoms with van der Waals surface area (Å²) in [5, 5.41) is 0. The van der Waals surface area contributed by atoms with Crippen LogP contribution in [-0.2, 0) is 0 Å². The Morgan fingerprint density at radius 2 is 0.704 bits per heavy atom. The lowest BCUT2D eigenvalue weighted by atomic mass is 9.98. The monoisotopic (exact) mass is 692 g/mol. The van der Waals surface area contributed by atoms with Gasteiger partial charge in [-0.2, -0.15) is 0 Å². The lowest BCUT2D eigenvalue weighted by Crippen LogP contribution is -2.00. The maximum Gasteiger partial charge on any atom is 0.164 e. The van der Waals surface area contributed by atoms with E-state index < -0.39 is 0 Å². The standard InChI is InChI=1S/C48H32N6/c1-4-14-33(15-5-1)41-30-44(42-24-10-11-27-49-42)51-45(31-41)43-26-25-40(32-50-43)38-22-12-20-36(28-38)37-21-13-23-39(29-37)48-53-46(34-16-6-2-7-17-34)52-47(54-48)35-18-8-3-9-19-35/h1-32H. The van der Waals surface area contributed by atoms with Crippen LogP contribution in [0.1, 0.15) is 0 Å². The molecule has 6 nitrogen and oxygen atoms in total. The highest BCUT2D eigenvalue weighted by Gasteiger charge is 2.14. The van der Waals surface area contributed by atoms with Crippen LogP contribution in [0.2, 0.25) is 0 Å². The zero-order valence-electron chi connectivity index (χ0n) is 29.2. The minimum atomic E-state index is 0.622. The molecular formula is C48H32N6. The highest BCUT2D eigenvalue weighted by Crippen LogP contribution is 2.32. The fraction of sp³-hybridized carbons (Fsp3) is 0. The van der Waals surface area contributed by atoms with Crippen LogP contribution in [0.5, 0.6) is 0 Å². The van der Waals surface area contributed by atoms with Gasteiger partial charge in [-0.05, 0) is 70.3 Å². The Bertz CT molecular complexity index is 2570. The van der Waals surface area contributed by atoms with E-state index in [-0.39, 0.29) is 0 Å². The molecule has 0 aliphatic rings. The number of rotatable bonds is 8. The van der Waals surface area contributed by atoms with Gasteiger partial charge in [0, 0.05) is 34.6 Å². The third-order valence-electron chi connectivity index (χ3n) is 9.24. The Hall–Kier alpha value is -7.44. The summed E-state index contributed by atoms with van der Waals surface area (Å²) in [4.78, 5) is 29.2. The van der Waals surface area contributed by atoms with Crippen molar-refractivity contribution in [1.82, 2.24) is 29.9 Å². The van der Waals surface area contributed by atoms with E-state index in [2.05, 4.69) is 83.8 Å². The van der Waals surface area contributed by atoms with Crippen LogP contribution in [0.25, 0.3) is 90.3 Å². The van der Waals surface area contributed by atoms with Crippen molar-refractivity contribution >= 4 is 0 Å². The zero-order valence-corrected chi connectivity index (χ0v) is 29.2. The molecule has 0 amide bonds. The second-order valence-electron chi connectivity index (χ2n) is 12.8. The Morgan fingerprint density at radius 3 is 1.24 bits per heavy atom. The van der Waals surface area contributed by atoms with Crippen molar-refractivity contribution in [1.29, 1.82) is 0 Å². The second kappa shape index (κ2) is 14.7. The zero-order chi connectivity index (χ0) is 36.1. The predicted octanol–water partition coefficient (Wildman–Crippen LogP) is 11.4. The average Bonchev–Trinajstić information content (AvgIpc) is 3.27. The molecule has 0 spiro atoms. The van der Waals surface area contributed by atoms with Gasteiger partial charge in [0.2, 0.25) is 0 Å². The summed E-state index contributed by atoms with van der Waals surface area (Å²) in [6, 6.07) is 61.5. The lowest BCUT2D eigenvalue weighted by Gasteiger charge is -2.11. The molecule has 0 unspecified atom stereocenters. The third-order valence-corrected chi connectivity index (χ3v) is 9.24. The predicted molar refractivity (Wildman–Crippen MR) is 217 cm³/mol. The van der Waals surface area contributed by atoms with Crippen LogP contribution < -0.4 is 0 Å². The molecule has 0 aliphatic carbocycles. The van der Waals surface area contributed by atoms with E-state index in [9.17, 15) is 0 Å². The number of benzene rings is 5. The normalized spacial score (nSPS) is 11.0. The van der Waals surface area contributed by atoms with E-state index in [1.807, 2.05) is 109 Å². The molecular weight excluding hydrogens is 661 g/mol. The molecule has 9 aromatic rings. The van der Waals surface area contributed by atoms with Crippen molar-refractivity contribution < 1.29 is 0 Å². The summed E-state index contributed by atoms with van der Waals surface area (Å²) in [5.41, 5.74) is 12.4. The summed E-state index contributed by atoms with van der Waals surface area (Å²) in [6.45, 7) is 0. The van der Waals surface area contributed by atoms with Crippen molar-refractivity contribution in [3.05, 3.63) is 194 Å². The second-order valence-corrected chi connectivity index (χ2v) is 12.8. The molecule has 54 heavy (non-hydrogen) atoms. The smallest absolute Gasteiger partial charge is 0.164 e. The van der Waals surface area contributed by atoms with Gasteiger partial charge in [0.1, 0.15) is 0 Å². The highest BCUT2D eigenvalue weighted by molar-refractivity contribution is 5.78. The summed E-state index contributed by atoms with van der Waals surface area (Å²) in [7, 11) is 0. The van der Waals surface area contributed by atoms with Gasteiger partial charge in [-0.15, -0.1) is 0 Å². The van der Waals surface area contributed by atoms with Gasteiger partial charge in [-0.25, -0.2) is 19.9 Å². The molecule has 4 aromatic heterocycles. The number of hydrogen-bond acceptors (Lipinski definition) is 6. The van der Waals surface area contributed by atoms with Crippen LogP contribution in [0, 0.1) is 0 Å². The van der Waals surface area contributed by atoms with Crippen molar-refractivity contribution in [3.8, 4) is 90.3 Å². The molecule has 5 aromatic carbocycles. The summed E-state index contributed by atoms with van der Waals surface area (Å²) in [5.74, 6) is 1.90. The van der Waals surface area contributed by atoms with Gasteiger partial charge in [0.15, 0.2) is 17.5 Å². The van der Waals surface area contributed by atoms with E-state index in [4.69, 9.17) is 24.9 Å². The molecule has 0 bridgehead atoms. The van der Waals surface area contributed by atoms with Gasteiger partial charge < -0.3 is 0 Å². The van der Waals surface area contributed by atoms with Gasteiger partial charge >= 0.3 is 0 Å². The Morgan fingerprint density at radius 1 is 0.241 bits per heavy atom. The number of nitrogens with zero attached hydrogens (tertiary/aromatic N) is 6. The first-order chi connectivity index (χ1) is 26.7. The lowest BCUT2D eigenvalue weighted by molar-refractivity contribution is 1.07. The third kappa shape index (κ3) is 6.92. The van der Waals surface area contributed by atoms with Crippen molar-refractivity contribution in [3.63, 3.8) is 0 Å². The molecule has 0 fully saturated rings. The molecule has 0 atom stereocenters. The molecule has 0 saturated heterocycles. The van der Waals surface area contributed by atoms with E-state index in [1.165, 1.54) is 0 Å². The van der Waals surface area contributed by atoms with Crippen molar-refractivity contribution in [2.45, 2.75) is 0 Å². The summed E-state index contributed by atoms with van der Waals surface area (Å²) >= 11 is 0.